The summed E-state index contributed by atoms with van der Waals surface area (Å²) in [5, 5.41) is 10.6. The van der Waals surface area contributed by atoms with Crippen LogP contribution in [0.25, 0.3) is 16.9 Å². The van der Waals surface area contributed by atoms with Gasteiger partial charge in [-0.15, -0.1) is 0 Å². The molecule has 0 spiro atoms. The molecule has 0 aliphatic rings. The second kappa shape index (κ2) is 5.70. The molecule has 0 saturated heterocycles. The fourth-order valence-electron chi connectivity index (χ4n) is 3.23. The van der Waals surface area contributed by atoms with Gasteiger partial charge in [-0.25, -0.2) is 9.20 Å². The Morgan fingerprint density at radius 3 is 2.33 bits per heavy atom. The Hall–Kier alpha value is -3.62. The number of aromatic hydroxyl groups is 1. The molecule has 9 nitrogen and oxygen atoms in total. The van der Waals surface area contributed by atoms with Crippen molar-refractivity contribution in [1.29, 1.82) is 0 Å². The number of benzene rings is 1. The molecule has 0 radical (unpaired) electrons. The van der Waals surface area contributed by atoms with Gasteiger partial charge in [0.1, 0.15) is 0 Å². The van der Waals surface area contributed by atoms with Crippen LogP contribution in [-0.2, 0) is 20.6 Å². The van der Waals surface area contributed by atoms with E-state index in [2.05, 4.69) is 4.98 Å². The van der Waals surface area contributed by atoms with Crippen LogP contribution in [0.2, 0.25) is 0 Å². The fourth-order valence-corrected chi connectivity index (χ4v) is 3.23. The van der Waals surface area contributed by atoms with Crippen molar-refractivity contribution in [2.75, 3.05) is 0 Å². The number of imidazole rings is 1. The van der Waals surface area contributed by atoms with Crippen molar-refractivity contribution in [1.82, 2.24) is 23.1 Å². The van der Waals surface area contributed by atoms with E-state index >= 15 is 0 Å². The quantitative estimate of drug-likeness (QED) is 0.542. The highest BCUT2D eigenvalue weighted by molar-refractivity contribution is 5.76. The van der Waals surface area contributed by atoms with Gasteiger partial charge < -0.3 is 5.11 Å². The van der Waals surface area contributed by atoms with Gasteiger partial charge >= 0.3 is 5.69 Å². The molecule has 27 heavy (non-hydrogen) atoms. The number of hydrogen-bond donors (Lipinski definition) is 1. The molecule has 0 fully saturated rings. The molecule has 1 N–H and O–H groups in total. The van der Waals surface area contributed by atoms with E-state index in [0.29, 0.717) is 0 Å². The molecule has 1 aromatic carbocycles. The Kier molecular flexibility index (Phi) is 3.55. The van der Waals surface area contributed by atoms with Gasteiger partial charge in [-0.3, -0.25) is 23.3 Å². The van der Waals surface area contributed by atoms with Gasteiger partial charge in [-0.1, -0.05) is 30.3 Å². The van der Waals surface area contributed by atoms with Crippen LogP contribution in [0.4, 0.5) is 0 Å². The molecule has 0 bridgehead atoms. The van der Waals surface area contributed by atoms with E-state index in [0.717, 1.165) is 10.1 Å². The first-order chi connectivity index (χ1) is 12.8. The van der Waals surface area contributed by atoms with Crippen LogP contribution >= 0.6 is 0 Å². The zero-order valence-electron chi connectivity index (χ0n) is 15.0. The lowest BCUT2D eigenvalue weighted by Gasteiger charge is -2.11. The van der Waals surface area contributed by atoms with Crippen molar-refractivity contribution >= 4 is 16.9 Å². The highest BCUT2D eigenvalue weighted by atomic mass is 16.3. The topological polar surface area (TPSA) is 104 Å². The third-order valence-corrected chi connectivity index (χ3v) is 4.78. The van der Waals surface area contributed by atoms with Gasteiger partial charge in [-0.2, -0.15) is 4.98 Å². The molecule has 138 valence electrons. The maximum atomic E-state index is 12.8. The van der Waals surface area contributed by atoms with Crippen LogP contribution in [0.15, 0.2) is 44.7 Å². The number of hydrogen-bond acceptors (Lipinski definition) is 5. The summed E-state index contributed by atoms with van der Waals surface area (Å²) >= 11 is 0. The maximum absolute atomic E-state index is 12.8. The van der Waals surface area contributed by atoms with Gasteiger partial charge in [0.05, 0.1) is 12.1 Å². The SMILES string of the molecule is Cc1c(O)n2c3c(=O)n(C)c(=O)n(C)c3nc2n(Cc2ccccc2)c1=O. The van der Waals surface area contributed by atoms with Gasteiger partial charge in [0.15, 0.2) is 11.2 Å². The van der Waals surface area contributed by atoms with Gasteiger partial charge in [0.2, 0.25) is 11.7 Å². The fraction of sp³-hybridized carbons (Fsp3) is 0.222. The first-order valence-corrected chi connectivity index (χ1v) is 8.27. The van der Waals surface area contributed by atoms with Crippen molar-refractivity contribution in [3.63, 3.8) is 0 Å². The molecule has 0 unspecified atom stereocenters. The summed E-state index contributed by atoms with van der Waals surface area (Å²) in [6.45, 7) is 1.69. The zero-order valence-corrected chi connectivity index (χ0v) is 15.0. The minimum atomic E-state index is -0.597. The second-order valence-corrected chi connectivity index (χ2v) is 6.45. The summed E-state index contributed by atoms with van der Waals surface area (Å²) in [7, 11) is 2.84. The first kappa shape index (κ1) is 16.8. The lowest BCUT2D eigenvalue weighted by atomic mass is 10.2. The largest absolute Gasteiger partial charge is 0.494 e. The van der Waals surface area contributed by atoms with Crippen LogP contribution in [0.5, 0.6) is 5.88 Å². The van der Waals surface area contributed by atoms with Gasteiger partial charge in [0.25, 0.3) is 11.1 Å². The summed E-state index contributed by atoms with van der Waals surface area (Å²) < 4.78 is 4.78. The monoisotopic (exact) mass is 367 g/mol. The molecule has 3 heterocycles. The predicted octanol–water partition coefficient (Wildman–Crippen LogP) is 0.109. The number of aryl methyl sites for hydroxylation is 1. The van der Waals surface area contributed by atoms with Crippen LogP contribution in [0.1, 0.15) is 11.1 Å². The molecule has 0 aliphatic heterocycles. The van der Waals surface area contributed by atoms with E-state index in [9.17, 15) is 19.5 Å². The summed E-state index contributed by atoms with van der Waals surface area (Å²) in [5.74, 6) is -0.266. The average Bonchev–Trinajstić information content (AvgIpc) is 3.08. The minimum absolute atomic E-state index is 0.0389. The van der Waals surface area contributed by atoms with E-state index in [-0.39, 0.29) is 34.9 Å². The number of fused-ring (bicyclic) bond motifs is 3. The third kappa shape index (κ3) is 2.24. The summed E-state index contributed by atoms with van der Waals surface area (Å²) in [4.78, 5) is 42.0. The molecule has 0 aliphatic carbocycles. The third-order valence-electron chi connectivity index (χ3n) is 4.78. The Bertz CT molecular complexity index is 1390. The average molecular weight is 367 g/mol. The second-order valence-electron chi connectivity index (χ2n) is 6.45. The lowest BCUT2D eigenvalue weighted by Crippen LogP contribution is -2.37. The Morgan fingerprint density at radius 1 is 1.00 bits per heavy atom. The molecule has 4 rings (SSSR count). The van der Waals surface area contributed by atoms with E-state index < -0.39 is 16.8 Å². The smallest absolute Gasteiger partial charge is 0.332 e. The summed E-state index contributed by atoms with van der Waals surface area (Å²) in [5.41, 5.74) is -0.457. The van der Waals surface area contributed by atoms with Crippen molar-refractivity contribution in [3.05, 3.63) is 72.7 Å². The van der Waals surface area contributed by atoms with Crippen molar-refractivity contribution in [3.8, 4) is 5.88 Å². The van der Waals surface area contributed by atoms with E-state index in [1.165, 1.54) is 34.6 Å². The van der Waals surface area contributed by atoms with Gasteiger partial charge in [-0.05, 0) is 12.5 Å². The number of rotatable bonds is 2. The van der Waals surface area contributed by atoms with Crippen LogP contribution in [0.3, 0.4) is 0 Å². The Morgan fingerprint density at radius 2 is 1.67 bits per heavy atom. The summed E-state index contributed by atoms with van der Waals surface area (Å²) in [6, 6.07) is 9.30. The maximum Gasteiger partial charge on any atom is 0.332 e. The number of aromatic nitrogens is 5. The van der Waals surface area contributed by atoms with Crippen LogP contribution in [0, 0.1) is 6.92 Å². The molecule has 3 aromatic heterocycles. The van der Waals surface area contributed by atoms with E-state index in [4.69, 9.17) is 0 Å². The standard InChI is InChI=1S/C18H17N5O4/c1-10-14(24)22(9-11-7-5-4-6-8-11)17-19-13-12(23(17)15(10)25)16(26)21(3)18(27)20(13)2/h4-8,25H,9H2,1-3H3. The lowest BCUT2D eigenvalue weighted by molar-refractivity contribution is 0.437. The number of nitrogens with zero attached hydrogens (tertiary/aromatic N) is 5. The summed E-state index contributed by atoms with van der Waals surface area (Å²) in [6.07, 6.45) is 0. The molecule has 0 amide bonds. The van der Waals surface area contributed by atoms with E-state index in [1.807, 2.05) is 30.3 Å². The normalized spacial score (nSPS) is 11.5. The minimum Gasteiger partial charge on any atom is -0.494 e. The predicted molar refractivity (Wildman–Crippen MR) is 99.4 cm³/mol. The highest BCUT2D eigenvalue weighted by Crippen LogP contribution is 2.21. The van der Waals surface area contributed by atoms with Crippen LogP contribution in [-0.4, -0.2) is 28.2 Å². The molecule has 0 atom stereocenters. The molecule has 0 saturated carbocycles. The van der Waals surface area contributed by atoms with Crippen molar-refractivity contribution in [2.24, 2.45) is 14.1 Å². The van der Waals surface area contributed by atoms with Crippen molar-refractivity contribution in [2.45, 2.75) is 13.5 Å². The molecule has 9 heteroatoms. The Balaban J connectivity index is 2.22. The Labute approximate surface area is 152 Å². The van der Waals surface area contributed by atoms with E-state index in [1.54, 1.807) is 0 Å². The zero-order chi connectivity index (χ0) is 19.5. The molecular formula is C18H17N5O4. The molecule has 4 aromatic rings. The first-order valence-electron chi connectivity index (χ1n) is 8.27. The highest BCUT2D eigenvalue weighted by Gasteiger charge is 2.22. The van der Waals surface area contributed by atoms with Gasteiger partial charge in [0, 0.05) is 14.1 Å². The van der Waals surface area contributed by atoms with Crippen LogP contribution < -0.4 is 16.8 Å². The molecular weight excluding hydrogens is 350 g/mol. The van der Waals surface area contributed by atoms with Crippen molar-refractivity contribution < 1.29 is 5.11 Å².